The van der Waals surface area contributed by atoms with E-state index in [1.165, 1.54) is 0 Å². The second kappa shape index (κ2) is 6.74. The molecule has 0 bridgehead atoms. The first-order valence-electron chi connectivity index (χ1n) is 8.76. The molecule has 26 heavy (non-hydrogen) atoms. The molecule has 1 fully saturated rings. The number of aryl methyl sites for hydroxylation is 1. The van der Waals surface area contributed by atoms with Crippen LogP contribution < -0.4 is 10.5 Å². The Hall–Kier alpha value is -2.37. The largest absolute Gasteiger partial charge is 0.367 e. The molecule has 3 aromatic rings. The van der Waals surface area contributed by atoms with Crippen LogP contribution in [0, 0.1) is 6.92 Å². The van der Waals surface area contributed by atoms with Crippen LogP contribution >= 0.6 is 11.6 Å². The molecule has 6 heteroatoms. The molecule has 134 valence electrons. The maximum Gasteiger partial charge on any atom is 0.266 e. The van der Waals surface area contributed by atoms with E-state index in [0.29, 0.717) is 16.2 Å². The molecule has 0 radical (unpaired) electrons. The van der Waals surface area contributed by atoms with Gasteiger partial charge in [-0.3, -0.25) is 9.36 Å². The molecule has 0 atom stereocenters. The van der Waals surface area contributed by atoms with Crippen LogP contribution in [0.2, 0.25) is 5.02 Å². The van der Waals surface area contributed by atoms with Gasteiger partial charge in [0.25, 0.3) is 5.56 Å². The fourth-order valence-electron chi connectivity index (χ4n) is 3.50. The third-order valence-electron chi connectivity index (χ3n) is 4.97. The summed E-state index contributed by atoms with van der Waals surface area (Å²) in [5, 5.41) is 1.28. The Kier molecular flexibility index (Phi) is 4.42. The van der Waals surface area contributed by atoms with Gasteiger partial charge >= 0.3 is 0 Å². The summed E-state index contributed by atoms with van der Waals surface area (Å²) in [6.07, 6.45) is 0. The van der Waals surface area contributed by atoms with Crippen LogP contribution in [0.5, 0.6) is 0 Å². The number of likely N-dealkylation sites (N-methyl/N-ethyl adjacent to an activating group) is 1. The fraction of sp³-hybridized carbons (Fsp3) is 0.300. The average Bonchev–Trinajstić information content (AvgIpc) is 2.64. The minimum Gasteiger partial charge on any atom is -0.367 e. The first kappa shape index (κ1) is 17.1. The normalized spacial score (nSPS) is 15.6. The lowest BCUT2D eigenvalue weighted by molar-refractivity contribution is 0.313. The van der Waals surface area contributed by atoms with Gasteiger partial charge in [0.05, 0.1) is 16.8 Å². The average molecular weight is 369 g/mol. The number of rotatable bonds is 2. The van der Waals surface area contributed by atoms with Gasteiger partial charge in [0.15, 0.2) is 0 Å². The van der Waals surface area contributed by atoms with Crippen molar-refractivity contribution in [2.24, 2.45) is 0 Å². The molecule has 1 aliphatic heterocycles. The van der Waals surface area contributed by atoms with Crippen molar-refractivity contribution in [2.45, 2.75) is 6.92 Å². The van der Waals surface area contributed by atoms with E-state index >= 15 is 0 Å². The Morgan fingerprint density at radius 1 is 1.00 bits per heavy atom. The van der Waals surface area contributed by atoms with Crippen molar-refractivity contribution in [1.82, 2.24) is 14.5 Å². The molecule has 1 saturated heterocycles. The Morgan fingerprint density at radius 2 is 1.69 bits per heavy atom. The van der Waals surface area contributed by atoms with Crippen molar-refractivity contribution in [2.75, 3.05) is 38.1 Å². The van der Waals surface area contributed by atoms with Gasteiger partial charge in [-0.05, 0) is 50.4 Å². The van der Waals surface area contributed by atoms with E-state index in [9.17, 15) is 4.79 Å². The summed E-state index contributed by atoms with van der Waals surface area (Å²) in [6.45, 7) is 5.78. The van der Waals surface area contributed by atoms with E-state index in [0.717, 1.165) is 43.1 Å². The number of aromatic nitrogens is 2. The summed E-state index contributed by atoms with van der Waals surface area (Å²) >= 11 is 5.98. The highest BCUT2D eigenvalue weighted by atomic mass is 35.5. The molecule has 0 saturated carbocycles. The van der Waals surface area contributed by atoms with Gasteiger partial charge in [-0.25, -0.2) is 4.98 Å². The summed E-state index contributed by atoms with van der Waals surface area (Å²) < 4.78 is 1.65. The number of para-hydroxylation sites is 1. The Morgan fingerprint density at radius 3 is 2.38 bits per heavy atom. The van der Waals surface area contributed by atoms with Crippen LogP contribution in [-0.2, 0) is 0 Å². The number of hydrogen-bond donors (Lipinski definition) is 0. The highest BCUT2D eigenvalue weighted by molar-refractivity contribution is 6.30. The monoisotopic (exact) mass is 368 g/mol. The Bertz CT molecular complexity index is 1000. The molecule has 0 unspecified atom stereocenters. The molecule has 1 aliphatic rings. The fourth-order valence-corrected chi connectivity index (χ4v) is 3.62. The highest BCUT2D eigenvalue weighted by Gasteiger charge is 2.19. The second-order valence-electron chi connectivity index (χ2n) is 6.74. The molecule has 4 rings (SSSR count). The molecular formula is C20H21ClN4O. The summed E-state index contributed by atoms with van der Waals surface area (Å²) in [5.74, 6) is 0.673. The van der Waals surface area contributed by atoms with Gasteiger partial charge in [-0.1, -0.05) is 17.7 Å². The zero-order chi connectivity index (χ0) is 18.3. The lowest BCUT2D eigenvalue weighted by atomic mass is 10.1. The van der Waals surface area contributed by atoms with Gasteiger partial charge in [0.1, 0.15) is 11.3 Å². The van der Waals surface area contributed by atoms with Crippen LogP contribution in [0.4, 0.5) is 5.69 Å². The van der Waals surface area contributed by atoms with Gasteiger partial charge in [-0.2, -0.15) is 0 Å². The molecule has 0 aliphatic carbocycles. The van der Waals surface area contributed by atoms with E-state index in [1.54, 1.807) is 16.7 Å². The summed E-state index contributed by atoms with van der Waals surface area (Å²) in [5.41, 5.74) is 2.55. The number of hydrogen-bond acceptors (Lipinski definition) is 4. The highest BCUT2D eigenvalue weighted by Crippen LogP contribution is 2.25. The quantitative estimate of drug-likeness (QED) is 0.697. The molecule has 0 amide bonds. The van der Waals surface area contributed by atoms with Crippen molar-refractivity contribution in [3.63, 3.8) is 0 Å². The number of anilines is 1. The number of piperazine rings is 1. The van der Waals surface area contributed by atoms with Gasteiger partial charge < -0.3 is 9.80 Å². The zero-order valence-corrected chi connectivity index (χ0v) is 15.7. The molecule has 5 nitrogen and oxygen atoms in total. The zero-order valence-electron chi connectivity index (χ0n) is 14.9. The molecule has 1 aromatic heterocycles. The van der Waals surface area contributed by atoms with Crippen LogP contribution in [-0.4, -0.2) is 47.7 Å². The van der Waals surface area contributed by atoms with Crippen LogP contribution in [0.25, 0.3) is 16.6 Å². The maximum atomic E-state index is 13.2. The first-order chi connectivity index (χ1) is 12.5. The van der Waals surface area contributed by atoms with E-state index in [4.69, 9.17) is 16.6 Å². The molecule has 2 heterocycles. The number of fused-ring (bicyclic) bond motifs is 1. The summed E-state index contributed by atoms with van der Waals surface area (Å²) in [4.78, 5) is 22.6. The van der Waals surface area contributed by atoms with Crippen LogP contribution in [0.1, 0.15) is 5.82 Å². The van der Waals surface area contributed by atoms with E-state index in [-0.39, 0.29) is 5.56 Å². The van der Waals surface area contributed by atoms with Gasteiger partial charge in [0, 0.05) is 31.2 Å². The predicted octanol–water partition coefficient (Wildman–Crippen LogP) is 3.10. The summed E-state index contributed by atoms with van der Waals surface area (Å²) in [7, 11) is 2.13. The number of nitrogens with zero attached hydrogens (tertiary/aromatic N) is 4. The Balaban J connectivity index is 1.87. The van der Waals surface area contributed by atoms with E-state index < -0.39 is 0 Å². The lowest BCUT2D eigenvalue weighted by Crippen LogP contribution is -2.44. The van der Waals surface area contributed by atoms with Crippen molar-refractivity contribution < 1.29 is 0 Å². The lowest BCUT2D eigenvalue weighted by Gasteiger charge is -2.34. The molecular weight excluding hydrogens is 348 g/mol. The minimum absolute atomic E-state index is 0.0502. The van der Waals surface area contributed by atoms with E-state index in [2.05, 4.69) is 22.9 Å². The number of halogens is 1. The molecule has 0 spiro atoms. The van der Waals surface area contributed by atoms with Crippen molar-refractivity contribution in [1.29, 1.82) is 0 Å². The smallest absolute Gasteiger partial charge is 0.266 e. The van der Waals surface area contributed by atoms with Crippen LogP contribution in [0.3, 0.4) is 0 Å². The molecule has 2 aromatic carbocycles. The first-order valence-corrected chi connectivity index (χ1v) is 9.14. The predicted molar refractivity (Wildman–Crippen MR) is 107 cm³/mol. The van der Waals surface area contributed by atoms with Crippen LogP contribution in [0.15, 0.2) is 47.3 Å². The van der Waals surface area contributed by atoms with Crippen molar-refractivity contribution in [3.8, 4) is 5.69 Å². The Labute approximate surface area is 157 Å². The standard InChI is InChI=1S/C20H21ClN4O/c1-14-22-19-17(20(26)25(14)16-8-6-15(21)7-9-16)4-3-5-18(19)24-12-10-23(2)11-13-24/h3-9H,10-13H2,1-2H3. The topological polar surface area (TPSA) is 41.4 Å². The third kappa shape index (κ3) is 2.97. The van der Waals surface area contributed by atoms with E-state index in [1.807, 2.05) is 31.2 Å². The van der Waals surface area contributed by atoms with Gasteiger partial charge in [0.2, 0.25) is 0 Å². The number of benzene rings is 2. The minimum atomic E-state index is -0.0502. The third-order valence-corrected chi connectivity index (χ3v) is 5.23. The summed E-state index contributed by atoms with van der Waals surface area (Å²) in [6, 6.07) is 13.1. The van der Waals surface area contributed by atoms with Gasteiger partial charge in [-0.15, -0.1) is 0 Å². The second-order valence-corrected chi connectivity index (χ2v) is 7.18. The SMILES string of the molecule is Cc1nc2c(N3CCN(C)CC3)cccc2c(=O)n1-c1ccc(Cl)cc1. The molecule has 0 N–H and O–H groups in total. The van der Waals surface area contributed by atoms with Crippen molar-refractivity contribution in [3.05, 3.63) is 63.7 Å². The maximum absolute atomic E-state index is 13.2. The van der Waals surface area contributed by atoms with Crippen molar-refractivity contribution >= 4 is 28.2 Å².